The molecule has 0 atom stereocenters. The van der Waals surface area contributed by atoms with E-state index in [-0.39, 0.29) is 0 Å². The third-order valence-corrected chi connectivity index (χ3v) is 2.54. The van der Waals surface area contributed by atoms with Crippen LogP contribution in [0.2, 0.25) is 0 Å². The zero-order valence-electron chi connectivity index (χ0n) is 8.42. The predicted molar refractivity (Wildman–Crippen MR) is 60.4 cm³/mol. The van der Waals surface area contributed by atoms with Gasteiger partial charge < -0.3 is 4.98 Å². The number of hydrogen-bond acceptors (Lipinski definition) is 2. The first-order valence-corrected chi connectivity index (χ1v) is 4.95. The molecule has 1 N–H and O–H groups in total. The Morgan fingerprint density at radius 2 is 2.06 bits per heavy atom. The zero-order valence-corrected chi connectivity index (χ0v) is 8.42. The Morgan fingerprint density at radius 3 is 2.81 bits per heavy atom. The molecule has 0 aliphatic heterocycles. The molecule has 0 bridgehead atoms. The Morgan fingerprint density at radius 1 is 1.25 bits per heavy atom. The molecule has 2 aromatic heterocycles. The van der Waals surface area contributed by atoms with Crippen LogP contribution in [0.5, 0.6) is 0 Å². The molecule has 3 rings (SSSR count). The van der Waals surface area contributed by atoms with Crippen LogP contribution in [0, 0.1) is 0 Å². The van der Waals surface area contributed by atoms with Gasteiger partial charge in [0.15, 0.2) is 6.29 Å². The minimum atomic E-state index is 0.571. The highest BCUT2D eigenvalue weighted by molar-refractivity contribution is 5.84. The lowest BCUT2D eigenvalue weighted by Crippen LogP contribution is -1.79. The highest BCUT2D eigenvalue weighted by Crippen LogP contribution is 2.19. The molecule has 0 spiro atoms. The minimum Gasteiger partial charge on any atom is -0.338 e. The lowest BCUT2D eigenvalue weighted by atomic mass is 10.2. The Kier molecular flexibility index (Phi) is 1.86. The number of nitrogens with zero attached hydrogens (tertiary/aromatic N) is 2. The highest BCUT2D eigenvalue weighted by atomic mass is 16.1. The van der Waals surface area contributed by atoms with Crippen molar-refractivity contribution in [1.29, 1.82) is 0 Å². The average Bonchev–Trinajstić information content (AvgIpc) is 2.89. The number of rotatable bonds is 2. The van der Waals surface area contributed by atoms with E-state index in [4.69, 9.17) is 0 Å². The molecule has 0 saturated heterocycles. The van der Waals surface area contributed by atoms with E-state index in [9.17, 15) is 4.79 Å². The van der Waals surface area contributed by atoms with Gasteiger partial charge in [-0.15, -0.1) is 0 Å². The molecular weight excluding hydrogens is 202 g/mol. The lowest BCUT2D eigenvalue weighted by Gasteiger charge is -1.94. The van der Waals surface area contributed by atoms with E-state index in [0.717, 1.165) is 23.2 Å². The number of H-pyrrole nitrogens is 1. The normalized spacial score (nSPS) is 10.8. The third kappa shape index (κ3) is 1.24. The number of carbonyl (C=O) groups is 1. The number of benzene rings is 1. The Hall–Kier alpha value is -2.36. The van der Waals surface area contributed by atoms with Crippen LogP contribution < -0.4 is 0 Å². The molecule has 16 heavy (non-hydrogen) atoms. The van der Waals surface area contributed by atoms with Gasteiger partial charge in [-0.2, -0.15) is 5.10 Å². The van der Waals surface area contributed by atoms with Gasteiger partial charge in [0.25, 0.3) is 0 Å². The Balaban J connectivity index is 2.19. The van der Waals surface area contributed by atoms with Crippen LogP contribution in [-0.4, -0.2) is 20.9 Å². The van der Waals surface area contributed by atoms with E-state index in [1.165, 1.54) is 0 Å². The minimum absolute atomic E-state index is 0.571. The largest absolute Gasteiger partial charge is 0.338 e. The molecule has 78 valence electrons. The fourth-order valence-electron chi connectivity index (χ4n) is 1.74. The van der Waals surface area contributed by atoms with E-state index in [1.54, 1.807) is 10.7 Å². The molecule has 0 unspecified atom stereocenters. The van der Waals surface area contributed by atoms with Crippen LogP contribution in [0.4, 0.5) is 0 Å². The molecule has 0 saturated carbocycles. The molecule has 1 aromatic carbocycles. The Bertz CT molecular complexity index is 637. The van der Waals surface area contributed by atoms with Gasteiger partial charge in [0.2, 0.25) is 0 Å². The maximum absolute atomic E-state index is 10.8. The standard InChI is InChI=1S/C12H9N3O/c16-8-10-6-13-15-7-11(14-12(10)15)9-4-2-1-3-5-9/h1-8,14H. The molecule has 4 heteroatoms. The van der Waals surface area contributed by atoms with Crippen molar-refractivity contribution in [2.75, 3.05) is 0 Å². The third-order valence-electron chi connectivity index (χ3n) is 2.54. The van der Waals surface area contributed by atoms with Crippen LogP contribution in [-0.2, 0) is 0 Å². The van der Waals surface area contributed by atoms with Crippen molar-refractivity contribution >= 4 is 11.9 Å². The second kappa shape index (κ2) is 3.34. The number of fused-ring (bicyclic) bond motifs is 1. The van der Waals surface area contributed by atoms with E-state index < -0.39 is 0 Å². The van der Waals surface area contributed by atoms with Crippen molar-refractivity contribution in [2.45, 2.75) is 0 Å². The van der Waals surface area contributed by atoms with Gasteiger partial charge >= 0.3 is 0 Å². The van der Waals surface area contributed by atoms with Crippen LogP contribution in [0.15, 0.2) is 42.7 Å². The van der Waals surface area contributed by atoms with Crippen LogP contribution in [0.1, 0.15) is 10.4 Å². The molecule has 0 aliphatic carbocycles. The van der Waals surface area contributed by atoms with Crippen molar-refractivity contribution in [3.8, 4) is 11.3 Å². The fourth-order valence-corrected chi connectivity index (χ4v) is 1.74. The van der Waals surface area contributed by atoms with Crippen molar-refractivity contribution in [2.24, 2.45) is 0 Å². The summed E-state index contributed by atoms with van der Waals surface area (Å²) in [6.07, 6.45) is 4.22. The average molecular weight is 211 g/mol. The molecule has 0 aliphatic rings. The summed E-state index contributed by atoms with van der Waals surface area (Å²) >= 11 is 0. The number of hydrogen-bond donors (Lipinski definition) is 1. The second-order valence-corrected chi connectivity index (χ2v) is 3.54. The van der Waals surface area contributed by atoms with Crippen molar-refractivity contribution < 1.29 is 4.79 Å². The zero-order chi connectivity index (χ0) is 11.0. The first-order valence-electron chi connectivity index (χ1n) is 4.95. The lowest BCUT2D eigenvalue weighted by molar-refractivity contribution is 0.112. The molecule has 0 radical (unpaired) electrons. The molecule has 0 fully saturated rings. The van der Waals surface area contributed by atoms with Crippen LogP contribution >= 0.6 is 0 Å². The summed E-state index contributed by atoms with van der Waals surface area (Å²) in [5.74, 6) is 0. The van der Waals surface area contributed by atoms with Crippen molar-refractivity contribution in [3.05, 3.63) is 48.3 Å². The van der Waals surface area contributed by atoms with Gasteiger partial charge in [-0.3, -0.25) is 4.79 Å². The number of aromatic amines is 1. The first kappa shape index (κ1) is 8.91. The SMILES string of the molecule is O=Cc1cnn2cc(-c3ccccc3)[nH]c12. The maximum atomic E-state index is 10.8. The summed E-state index contributed by atoms with van der Waals surface area (Å²) in [5.41, 5.74) is 3.33. The van der Waals surface area contributed by atoms with Crippen molar-refractivity contribution in [1.82, 2.24) is 14.6 Å². The summed E-state index contributed by atoms with van der Waals surface area (Å²) < 4.78 is 1.67. The second-order valence-electron chi connectivity index (χ2n) is 3.54. The van der Waals surface area contributed by atoms with Crippen molar-refractivity contribution in [3.63, 3.8) is 0 Å². The van der Waals surface area contributed by atoms with Gasteiger partial charge in [0.1, 0.15) is 5.65 Å². The molecule has 0 amide bonds. The maximum Gasteiger partial charge on any atom is 0.155 e. The molecular formula is C12H9N3O. The van der Waals surface area contributed by atoms with Gasteiger partial charge in [-0.1, -0.05) is 30.3 Å². The summed E-state index contributed by atoms with van der Waals surface area (Å²) in [6, 6.07) is 9.92. The van der Waals surface area contributed by atoms with E-state index in [2.05, 4.69) is 10.1 Å². The van der Waals surface area contributed by atoms with Crippen LogP contribution in [0.25, 0.3) is 16.9 Å². The number of aldehydes is 1. The smallest absolute Gasteiger partial charge is 0.155 e. The van der Waals surface area contributed by atoms with Gasteiger partial charge in [-0.25, -0.2) is 4.52 Å². The fraction of sp³-hybridized carbons (Fsp3) is 0. The number of nitrogens with one attached hydrogen (secondary N) is 1. The molecule has 2 heterocycles. The van der Waals surface area contributed by atoms with Gasteiger partial charge in [0, 0.05) is 0 Å². The first-order chi connectivity index (χ1) is 7.88. The topological polar surface area (TPSA) is 50.2 Å². The quantitative estimate of drug-likeness (QED) is 0.660. The summed E-state index contributed by atoms with van der Waals surface area (Å²) in [6.45, 7) is 0. The monoisotopic (exact) mass is 211 g/mol. The summed E-state index contributed by atoms with van der Waals surface area (Å²) in [5, 5.41) is 4.09. The van der Waals surface area contributed by atoms with E-state index in [0.29, 0.717) is 5.56 Å². The van der Waals surface area contributed by atoms with Gasteiger partial charge in [0.05, 0.1) is 23.7 Å². The highest BCUT2D eigenvalue weighted by Gasteiger charge is 2.07. The van der Waals surface area contributed by atoms with E-state index >= 15 is 0 Å². The Labute approximate surface area is 91.5 Å². The number of carbonyl (C=O) groups excluding carboxylic acids is 1. The van der Waals surface area contributed by atoms with Crippen LogP contribution in [0.3, 0.4) is 0 Å². The molecule has 3 aromatic rings. The number of imidazole rings is 1. The van der Waals surface area contributed by atoms with E-state index in [1.807, 2.05) is 36.5 Å². The molecule has 4 nitrogen and oxygen atoms in total. The summed E-state index contributed by atoms with van der Waals surface area (Å²) in [4.78, 5) is 13.9. The predicted octanol–water partition coefficient (Wildman–Crippen LogP) is 2.14. The summed E-state index contributed by atoms with van der Waals surface area (Å²) in [7, 11) is 0. The van der Waals surface area contributed by atoms with Gasteiger partial charge in [-0.05, 0) is 5.56 Å². The number of aromatic nitrogens is 3.